The van der Waals surface area contributed by atoms with Gasteiger partial charge in [0.1, 0.15) is 5.78 Å². The molecule has 4 nitrogen and oxygen atoms in total. The highest BCUT2D eigenvalue weighted by molar-refractivity contribution is 6.42. The van der Waals surface area contributed by atoms with Gasteiger partial charge in [-0.05, 0) is 42.0 Å². The second-order valence-electron chi connectivity index (χ2n) is 7.88. The molecule has 2 aromatic rings. The summed E-state index contributed by atoms with van der Waals surface area (Å²) in [5, 5.41) is 7.16. The van der Waals surface area contributed by atoms with Crippen molar-refractivity contribution in [2.45, 2.75) is 52.1 Å². The quantitative estimate of drug-likeness (QED) is 0.468. The lowest BCUT2D eigenvalue weighted by molar-refractivity contribution is -0.124. The van der Waals surface area contributed by atoms with Crippen LogP contribution in [0.4, 0.5) is 0 Å². The normalized spacial score (nSPS) is 12.0. The van der Waals surface area contributed by atoms with E-state index < -0.39 is 0 Å². The van der Waals surface area contributed by atoms with Crippen molar-refractivity contribution >= 4 is 34.9 Å². The van der Waals surface area contributed by atoms with Crippen LogP contribution in [-0.2, 0) is 22.6 Å². The minimum absolute atomic E-state index is 0.0773. The van der Waals surface area contributed by atoms with Crippen LogP contribution in [-0.4, -0.2) is 24.3 Å². The Hall–Kier alpha value is -1.88. The van der Waals surface area contributed by atoms with Crippen LogP contribution < -0.4 is 10.6 Å². The number of carbonyl (C=O) groups is 2. The van der Waals surface area contributed by atoms with Crippen molar-refractivity contribution in [2.75, 3.05) is 6.54 Å². The maximum absolute atomic E-state index is 12.7. The molecule has 162 valence electrons. The number of benzene rings is 2. The molecule has 0 heterocycles. The fourth-order valence-electron chi connectivity index (χ4n) is 3.16. The van der Waals surface area contributed by atoms with Gasteiger partial charge in [0.15, 0.2) is 0 Å². The van der Waals surface area contributed by atoms with Gasteiger partial charge >= 0.3 is 0 Å². The van der Waals surface area contributed by atoms with E-state index in [4.69, 9.17) is 23.2 Å². The van der Waals surface area contributed by atoms with Gasteiger partial charge in [-0.2, -0.15) is 0 Å². The minimum Gasteiger partial charge on any atom is -0.351 e. The smallest absolute Gasteiger partial charge is 0.237 e. The van der Waals surface area contributed by atoms with Crippen molar-refractivity contribution in [1.29, 1.82) is 0 Å². The Morgan fingerprint density at radius 3 is 2.33 bits per heavy atom. The van der Waals surface area contributed by atoms with Gasteiger partial charge in [0, 0.05) is 25.9 Å². The number of ketones is 1. The van der Waals surface area contributed by atoms with Crippen molar-refractivity contribution in [2.24, 2.45) is 5.92 Å². The number of aryl methyl sites for hydroxylation is 1. The Kier molecular flexibility index (Phi) is 10.4. The molecule has 0 aliphatic carbocycles. The van der Waals surface area contributed by atoms with E-state index in [9.17, 15) is 9.59 Å². The van der Waals surface area contributed by atoms with Crippen LogP contribution in [0.5, 0.6) is 0 Å². The fraction of sp³-hybridized carbons (Fsp3) is 0.417. The first-order chi connectivity index (χ1) is 14.3. The van der Waals surface area contributed by atoms with E-state index in [1.165, 1.54) is 0 Å². The predicted molar refractivity (Wildman–Crippen MR) is 124 cm³/mol. The Morgan fingerprint density at radius 1 is 0.933 bits per heavy atom. The zero-order valence-electron chi connectivity index (χ0n) is 17.6. The van der Waals surface area contributed by atoms with Gasteiger partial charge in [-0.15, -0.1) is 0 Å². The summed E-state index contributed by atoms with van der Waals surface area (Å²) < 4.78 is 0. The third kappa shape index (κ3) is 8.86. The highest BCUT2D eigenvalue weighted by Crippen LogP contribution is 2.22. The molecule has 0 aliphatic heterocycles. The van der Waals surface area contributed by atoms with Crippen LogP contribution >= 0.6 is 23.2 Å². The molecule has 1 atom stereocenters. The predicted octanol–water partition coefficient (Wildman–Crippen LogP) is 5.21. The molecule has 2 aromatic carbocycles. The van der Waals surface area contributed by atoms with Gasteiger partial charge in [0.05, 0.1) is 16.1 Å². The number of rotatable bonds is 12. The molecular weight excluding hydrogens is 419 g/mol. The van der Waals surface area contributed by atoms with Gasteiger partial charge in [0.25, 0.3) is 0 Å². The zero-order chi connectivity index (χ0) is 21.9. The number of hydrogen-bond acceptors (Lipinski definition) is 3. The van der Waals surface area contributed by atoms with E-state index in [-0.39, 0.29) is 17.7 Å². The Morgan fingerprint density at radius 2 is 1.67 bits per heavy atom. The average Bonchev–Trinajstić information content (AvgIpc) is 2.72. The van der Waals surface area contributed by atoms with Crippen molar-refractivity contribution in [3.8, 4) is 0 Å². The van der Waals surface area contributed by atoms with Crippen LogP contribution in [0.15, 0.2) is 48.5 Å². The second kappa shape index (κ2) is 12.7. The van der Waals surface area contributed by atoms with E-state index in [1.54, 1.807) is 12.1 Å². The topological polar surface area (TPSA) is 58.2 Å². The monoisotopic (exact) mass is 448 g/mol. The van der Waals surface area contributed by atoms with E-state index in [0.29, 0.717) is 48.3 Å². The first-order valence-electron chi connectivity index (χ1n) is 10.4. The van der Waals surface area contributed by atoms with Gasteiger partial charge < -0.3 is 10.6 Å². The zero-order valence-corrected chi connectivity index (χ0v) is 19.1. The number of carbonyl (C=O) groups excluding carboxylic acids is 2. The molecule has 2 rings (SSSR count). The van der Waals surface area contributed by atoms with Crippen LogP contribution in [0.2, 0.25) is 10.0 Å². The molecule has 0 aliphatic rings. The van der Waals surface area contributed by atoms with Gasteiger partial charge in [-0.3, -0.25) is 9.59 Å². The summed E-state index contributed by atoms with van der Waals surface area (Å²) in [4.78, 5) is 24.9. The van der Waals surface area contributed by atoms with Crippen LogP contribution in [0.3, 0.4) is 0 Å². The Bertz CT molecular complexity index is 825. The van der Waals surface area contributed by atoms with Crippen molar-refractivity contribution in [1.82, 2.24) is 10.6 Å². The number of Topliss-reactive ketones (excluding diaryl/α,β-unsaturated/α-hetero) is 1. The molecule has 0 saturated heterocycles. The third-order valence-electron chi connectivity index (χ3n) is 4.80. The van der Waals surface area contributed by atoms with Gasteiger partial charge in [0.2, 0.25) is 5.91 Å². The number of nitrogens with one attached hydrogen (secondary N) is 2. The Labute approximate surface area is 189 Å². The lowest BCUT2D eigenvalue weighted by Gasteiger charge is -2.20. The Balaban J connectivity index is 1.78. The average molecular weight is 449 g/mol. The lowest BCUT2D eigenvalue weighted by atomic mass is 10.0. The highest BCUT2D eigenvalue weighted by Gasteiger charge is 2.19. The summed E-state index contributed by atoms with van der Waals surface area (Å²) in [6, 6.07) is 15.0. The molecule has 0 radical (unpaired) electrons. The van der Waals surface area contributed by atoms with Crippen molar-refractivity contribution in [3.63, 3.8) is 0 Å². The van der Waals surface area contributed by atoms with Crippen LogP contribution in [0, 0.1) is 5.92 Å². The van der Waals surface area contributed by atoms with E-state index in [0.717, 1.165) is 17.5 Å². The standard InChI is InChI=1S/C24H30Cl2N2O2/c1-17(2)14-23(24(30)28-16-19-9-11-21(25)22(26)15-19)27-13-12-20(29)10-8-18-6-4-3-5-7-18/h3-7,9,11,15,17,23,27H,8,10,12-14,16H2,1-2H3,(H,28,30)/t23-/m1/s1. The summed E-state index contributed by atoms with van der Waals surface area (Å²) in [5.74, 6) is 0.476. The number of hydrogen-bond donors (Lipinski definition) is 2. The molecular formula is C24H30Cl2N2O2. The van der Waals surface area contributed by atoms with Crippen LogP contribution in [0.1, 0.15) is 44.2 Å². The maximum Gasteiger partial charge on any atom is 0.237 e. The summed E-state index contributed by atoms with van der Waals surface area (Å²) in [7, 11) is 0. The van der Waals surface area contributed by atoms with Crippen molar-refractivity contribution in [3.05, 3.63) is 69.7 Å². The summed E-state index contributed by atoms with van der Waals surface area (Å²) in [6.45, 7) is 5.02. The van der Waals surface area contributed by atoms with E-state index >= 15 is 0 Å². The minimum atomic E-state index is -0.338. The molecule has 1 amide bonds. The number of amides is 1. The van der Waals surface area contributed by atoms with E-state index in [2.05, 4.69) is 24.5 Å². The molecule has 0 unspecified atom stereocenters. The molecule has 0 bridgehead atoms. The molecule has 0 aromatic heterocycles. The fourth-order valence-corrected chi connectivity index (χ4v) is 3.48. The van der Waals surface area contributed by atoms with Gasteiger partial charge in [-0.1, -0.05) is 73.4 Å². The lowest BCUT2D eigenvalue weighted by Crippen LogP contribution is -2.45. The third-order valence-corrected chi connectivity index (χ3v) is 5.54. The van der Waals surface area contributed by atoms with Crippen LogP contribution in [0.25, 0.3) is 0 Å². The van der Waals surface area contributed by atoms with Gasteiger partial charge in [-0.25, -0.2) is 0 Å². The SMILES string of the molecule is CC(C)C[C@@H](NCCC(=O)CCc1ccccc1)C(=O)NCc1ccc(Cl)c(Cl)c1. The molecule has 0 fully saturated rings. The summed E-state index contributed by atoms with van der Waals surface area (Å²) in [5.41, 5.74) is 2.05. The van der Waals surface area contributed by atoms with Crippen molar-refractivity contribution < 1.29 is 9.59 Å². The molecule has 0 saturated carbocycles. The second-order valence-corrected chi connectivity index (χ2v) is 8.69. The highest BCUT2D eigenvalue weighted by atomic mass is 35.5. The molecule has 2 N–H and O–H groups in total. The maximum atomic E-state index is 12.7. The number of halogens is 2. The molecule has 30 heavy (non-hydrogen) atoms. The summed E-state index contributed by atoms with van der Waals surface area (Å²) >= 11 is 12.0. The molecule has 6 heteroatoms. The van der Waals surface area contributed by atoms with E-state index in [1.807, 2.05) is 36.4 Å². The summed E-state index contributed by atoms with van der Waals surface area (Å²) in [6.07, 6.45) is 2.39. The first kappa shape index (κ1) is 24.4. The molecule has 0 spiro atoms. The first-order valence-corrected chi connectivity index (χ1v) is 11.1. The largest absolute Gasteiger partial charge is 0.351 e.